The second-order valence-corrected chi connectivity index (χ2v) is 11.9. The molecule has 1 saturated heterocycles. The third kappa shape index (κ3) is 9.07. The highest BCUT2D eigenvalue weighted by Crippen LogP contribution is 2.28. The number of nitrogens with zero attached hydrogens (tertiary/aromatic N) is 3. The fraction of sp³-hybridized carbons (Fsp3) is 0.444. The first kappa shape index (κ1) is 31.5. The number of amides is 2. The van der Waals surface area contributed by atoms with Gasteiger partial charge in [0.05, 0.1) is 11.3 Å². The molecule has 0 spiro atoms. The van der Waals surface area contributed by atoms with Crippen LogP contribution in [0.2, 0.25) is 0 Å². The quantitative estimate of drug-likeness (QED) is 0.207. The van der Waals surface area contributed by atoms with Crippen LogP contribution in [0, 0.1) is 0 Å². The summed E-state index contributed by atoms with van der Waals surface area (Å²) in [5.41, 5.74) is 3.47. The van der Waals surface area contributed by atoms with Crippen LogP contribution in [-0.2, 0) is 4.74 Å². The third-order valence-electron chi connectivity index (χ3n) is 8.60. The zero-order valence-electron chi connectivity index (χ0n) is 26.0. The van der Waals surface area contributed by atoms with Crippen molar-refractivity contribution in [2.24, 2.45) is 0 Å². The molecule has 2 aliphatic heterocycles. The Morgan fingerprint density at radius 1 is 0.841 bits per heavy atom. The van der Waals surface area contributed by atoms with Crippen molar-refractivity contribution >= 4 is 17.7 Å². The zero-order chi connectivity index (χ0) is 30.6. The fourth-order valence-electron chi connectivity index (χ4n) is 5.97. The molecule has 0 bridgehead atoms. The minimum absolute atomic E-state index is 0.0384. The lowest BCUT2D eigenvalue weighted by Crippen LogP contribution is -2.42. The highest BCUT2D eigenvalue weighted by molar-refractivity contribution is 5.97. The van der Waals surface area contributed by atoms with Gasteiger partial charge in [0.1, 0.15) is 11.9 Å². The molecule has 1 N–H and O–H groups in total. The summed E-state index contributed by atoms with van der Waals surface area (Å²) in [5, 5.41) is 2.96. The predicted molar refractivity (Wildman–Crippen MR) is 175 cm³/mol. The molecule has 3 aromatic carbocycles. The Kier molecular flexibility index (Phi) is 11.7. The monoisotopic (exact) mass is 598 g/mol. The van der Waals surface area contributed by atoms with Crippen LogP contribution >= 0.6 is 0 Å². The molecule has 2 amide bonds. The van der Waals surface area contributed by atoms with Gasteiger partial charge < -0.3 is 24.2 Å². The molecule has 234 valence electrons. The van der Waals surface area contributed by atoms with E-state index in [2.05, 4.69) is 22.2 Å². The second kappa shape index (κ2) is 16.3. The molecule has 2 aliphatic rings. The van der Waals surface area contributed by atoms with Crippen molar-refractivity contribution in [1.29, 1.82) is 0 Å². The van der Waals surface area contributed by atoms with Gasteiger partial charge in [0, 0.05) is 31.7 Å². The van der Waals surface area contributed by atoms with E-state index in [4.69, 9.17) is 9.47 Å². The maximum absolute atomic E-state index is 12.7. The molecule has 3 aromatic rings. The predicted octanol–water partition coefficient (Wildman–Crippen LogP) is 6.74. The van der Waals surface area contributed by atoms with Gasteiger partial charge in [0.15, 0.2) is 6.73 Å². The standard InChI is InChI=1S/C36H46N4O4/c1-38(26-27-40-28-43-34-19-11-9-17-32(34)35(40)41)22-12-3-2-4-13-23-39-24-20-30(21-25-39)44-36(42)37-33-18-10-8-16-31(33)29-14-6-5-7-15-29/h5-11,14-19,30H,2-4,12-13,20-28H2,1H3,(H,37,42). The largest absolute Gasteiger partial charge is 0.472 e. The third-order valence-corrected chi connectivity index (χ3v) is 8.60. The van der Waals surface area contributed by atoms with Crippen molar-refractivity contribution in [2.45, 2.75) is 51.0 Å². The van der Waals surface area contributed by atoms with Crippen LogP contribution in [0.5, 0.6) is 5.75 Å². The first-order chi connectivity index (χ1) is 21.6. The number of carbonyl (C=O) groups is 2. The van der Waals surface area contributed by atoms with Gasteiger partial charge in [0.2, 0.25) is 0 Å². The van der Waals surface area contributed by atoms with Crippen molar-refractivity contribution in [2.75, 3.05) is 58.4 Å². The van der Waals surface area contributed by atoms with E-state index in [1.807, 2.05) is 78.9 Å². The lowest BCUT2D eigenvalue weighted by atomic mass is 10.0. The van der Waals surface area contributed by atoms with Crippen LogP contribution in [0.25, 0.3) is 11.1 Å². The number of piperidine rings is 1. The first-order valence-electron chi connectivity index (χ1n) is 16.1. The summed E-state index contributed by atoms with van der Waals surface area (Å²) in [7, 11) is 2.13. The van der Waals surface area contributed by atoms with Crippen molar-refractivity contribution in [3.05, 3.63) is 84.4 Å². The van der Waals surface area contributed by atoms with Crippen molar-refractivity contribution in [1.82, 2.24) is 14.7 Å². The Bertz CT molecular complexity index is 1340. The number of benzene rings is 3. The van der Waals surface area contributed by atoms with Crippen LogP contribution in [0.4, 0.5) is 10.5 Å². The number of unbranched alkanes of at least 4 members (excludes halogenated alkanes) is 4. The molecule has 5 rings (SSSR count). The number of ether oxygens (including phenoxy) is 2. The minimum atomic E-state index is -0.378. The first-order valence-corrected chi connectivity index (χ1v) is 16.1. The summed E-state index contributed by atoms with van der Waals surface area (Å²) in [6, 6.07) is 25.4. The van der Waals surface area contributed by atoms with Crippen molar-refractivity contribution < 1.29 is 19.1 Å². The number of rotatable bonds is 14. The van der Waals surface area contributed by atoms with Crippen LogP contribution in [-0.4, -0.2) is 85.9 Å². The zero-order valence-corrected chi connectivity index (χ0v) is 26.0. The second-order valence-electron chi connectivity index (χ2n) is 11.9. The number of fused-ring (bicyclic) bond motifs is 1. The molecule has 0 unspecified atom stereocenters. The summed E-state index contributed by atoms with van der Waals surface area (Å²) >= 11 is 0. The van der Waals surface area contributed by atoms with Crippen LogP contribution in [0.1, 0.15) is 55.3 Å². The molecule has 44 heavy (non-hydrogen) atoms. The normalized spacial score (nSPS) is 15.6. The van der Waals surface area contributed by atoms with E-state index in [9.17, 15) is 9.59 Å². The Morgan fingerprint density at radius 3 is 2.34 bits per heavy atom. The van der Waals surface area contributed by atoms with E-state index in [-0.39, 0.29) is 18.1 Å². The SMILES string of the molecule is CN(CCCCCCCN1CCC(OC(=O)Nc2ccccc2-c2ccccc2)CC1)CCN1COc2ccccc2C1=O. The summed E-state index contributed by atoms with van der Waals surface area (Å²) in [4.78, 5) is 31.9. The molecule has 8 heteroatoms. The molecule has 8 nitrogen and oxygen atoms in total. The lowest BCUT2D eigenvalue weighted by Gasteiger charge is -2.31. The fourth-order valence-corrected chi connectivity index (χ4v) is 5.97. The molecule has 0 atom stereocenters. The van der Waals surface area contributed by atoms with E-state index in [1.54, 1.807) is 4.90 Å². The van der Waals surface area contributed by atoms with E-state index in [0.717, 1.165) is 62.4 Å². The Hall–Kier alpha value is -3.88. The number of nitrogens with one attached hydrogen (secondary N) is 1. The summed E-state index contributed by atoms with van der Waals surface area (Å²) in [6.45, 7) is 5.95. The maximum Gasteiger partial charge on any atom is 0.411 e. The maximum atomic E-state index is 12.7. The van der Waals surface area contributed by atoms with Gasteiger partial charge in [-0.15, -0.1) is 0 Å². The highest BCUT2D eigenvalue weighted by atomic mass is 16.6. The molecule has 0 saturated carbocycles. The number of carbonyl (C=O) groups excluding carboxylic acids is 2. The van der Waals surface area contributed by atoms with E-state index in [1.165, 1.54) is 32.1 Å². The molecule has 0 aliphatic carbocycles. The average Bonchev–Trinajstić information content (AvgIpc) is 3.05. The van der Waals surface area contributed by atoms with Crippen LogP contribution < -0.4 is 10.1 Å². The number of anilines is 1. The molecule has 0 radical (unpaired) electrons. The summed E-state index contributed by atoms with van der Waals surface area (Å²) in [6.07, 6.45) is 7.42. The number of para-hydroxylation sites is 2. The van der Waals surface area contributed by atoms with E-state index >= 15 is 0 Å². The summed E-state index contributed by atoms with van der Waals surface area (Å²) < 4.78 is 11.5. The molecule has 1 fully saturated rings. The van der Waals surface area contributed by atoms with Gasteiger partial charge in [-0.3, -0.25) is 10.1 Å². The van der Waals surface area contributed by atoms with Gasteiger partial charge in [-0.05, 0) is 69.6 Å². The Labute approximate surface area is 261 Å². The molecular formula is C36H46N4O4. The average molecular weight is 599 g/mol. The number of hydrogen-bond acceptors (Lipinski definition) is 6. The summed E-state index contributed by atoms with van der Waals surface area (Å²) in [5.74, 6) is 0.741. The minimum Gasteiger partial charge on any atom is -0.472 e. The number of hydrogen-bond donors (Lipinski definition) is 1. The van der Waals surface area contributed by atoms with Gasteiger partial charge in [-0.2, -0.15) is 0 Å². The smallest absolute Gasteiger partial charge is 0.411 e. The lowest BCUT2D eigenvalue weighted by molar-refractivity contribution is 0.0497. The van der Waals surface area contributed by atoms with Crippen LogP contribution in [0.3, 0.4) is 0 Å². The molecular weight excluding hydrogens is 552 g/mol. The number of likely N-dealkylation sites (N-methyl/N-ethyl adjacent to an activating group) is 1. The van der Waals surface area contributed by atoms with E-state index < -0.39 is 0 Å². The van der Waals surface area contributed by atoms with Gasteiger partial charge in [0.25, 0.3) is 5.91 Å². The Morgan fingerprint density at radius 2 is 1.52 bits per heavy atom. The van der Waals surface area contributed by atoms with Gasteiger partial charge in [-0.1, -0.05) is 79.9 Å². The van der Waals surface area contributed by atoms with Crippen LogP contribution in [0.15, 0.2) is 78.9 Å². The van der Waals surface area contributed by atoms with Gasteiger partial charge >= 0.3 is 6.09 Å². The van der Waals surface area contributed by atoms with E-state index in [0.29, 0.717) is 24.6 Å². The topological polar surface area (TPSA) is 74.3 Å². The molecule has 0 aromatic heterocycles. The number of likely N-dealkylation sites (tertiary alicyclic amines) is 1. The van der Waals surface area contributed by atoms with Gasteiger partial charge in [-0.25, -0.2) is 4.79 Å². The highest BCUT2D eigenvalue weighted by Gasteiger charge is 2.25. The van der Waals surface area contributed by atoms with Crippen molar-refractivity contribution in [3.8, 4) is 16.9 Å². The Balaban J connectivity index is 0.890. The molecule has 2 heterocycles. The van der Waals surface area contributed by atoms with Crippen molar-refractivity contribution in [3.63, 3.8) is 0 Å².